The van der Waals surface area contributed by atoms with Crippen molar-refractivity contribution >= 4 is 11.0 Å². The maximum absolute atomic E-state index is 4.50. The van der Waals surface area contributed by atoms with Gasteiger partial charge in [-0.1, -0.05) is 0 Å². The van der Waals surface area contributed by atoms with Gasteiger partial charge >= 0.3 is 0 Å². The van der Waals surface area contributed by atoms with Gasteiger partial charge in [0.2, 0.25) is 0 Å². The molecule has 3 rings (SSSR count). The molecule has 0 radical (unpaired) electrons. The van der Waals surface area contributed by atoms with E-state index in [1.54, 1.807) is 6.33 Å². The van der Waals surface area contributed by atoms with E-state index in [1.807, 2.05) is 0 Å². The zero-order valence-corrected chi connectivity index (χ0v) is 10.8. The fourth-order valence-corrected chi connectivity index (χ4v) is 2.70. The Labute approximate surface area is 102 Å². The van der Waals surface area contributed by atoms with E-state index in [9.17, 15) is 0 Å². The van der Waals surface area contributed by atoms with Gasteiger partial charge in [0.1, 0.15) is 12.0 Å². The highest BCUT2D eigenvalue weighted by Crippen LogP contribution is 2.31. The molecule has 2 aromatic rings. The van der Waals surface area contributed by atoms with Crippen molar-refractivity contribution in [1.29, 1.82) is 0 Å². The first-order valence-electron chi connectivity index (χ1n) is 6.41. The van der Waals surface area contributed by atoms with Crippen LogP contribution in [0.2, 0.25) is 0 Å². The second-order valence-corrected chi connectivity index (χ2v) is 5.92. The summed E-state index contributed by atoms with van der Waals surface area (Å²) in [6.07, 6.45) is 8.78. The monoisotopic (exact) mass is 229 g/mol. The van der Waals surface area contributed by atoms with Gasteiger partial charge < -0.3 is 4.57 Å². The summed E-state index contributed by atoms with van der Waals surface area (Å²) in [5, 5.41) is 1.32. The van der Waals surface area contributed by atoms with Crippen molar-refractivity contribution in [1.82, 2.24) is 14.5 Å². The topological polar surface area (TPSA) is 30.7 Å². The Hall–Kier alpha value is -1.38. The summed E-state index contributed by atoms with van der Waals surface area (Å²) in [6, 6.07) is 0. The third-order valence-electron chi connectivity index (χ3n) is 3.57. The van der Waals surface area contributed by atoms with Crippen LogP contribution in [0.1, 0.15) is 44.9 Å². The van der Waals surface area contributed by atoms with Gasteiger partial charge in [0.15, 0.2) is 0 Å². The molecular weight excluding hydrogens is 210 g/mol. The zero-order valence-electron chi connectivity index (χ0n) is 10.8. The molecule has 0 spiro atoms. The fourth-order valence-electron chi connectivity index (χ4n) is 2.70. The molecule has 3 nitrogen and oxygen atoms in total. The standard InChI is InChI=1S/C14H19N3/c1-14(2,3)17-8-10-6-4-5-7-11-12(10)13(17)16-9-15-11/h8-9H,4-7H2,1-3H3. The molecule has 0 aliphatic heterocycles. The first kappa shape index (κ1) is 10.8. The molecule has 90 valence electrons. The molecule has 0 aromatic carbocycles. The van der Waals surface area contributed by atoms with Gasteiger partial charge in [0, 0.05) is 17.1 Å². The Morgan fingerprint density at radius 3 is 2.65 bits per heavy atom. The fraction of sp³-hybridized carbons (Fsp3) is 0.571. The molecule has 1 aliphatic carbocycles. The molecule has 0 bridgehead atoms. The number of hydrogen-bond acceptors (Lipinski definition) is 2. The smallest absolute Gasteiger partial charge is 0.144 e. The Morgan fingerprint density at radius 2 is 1.88 bits per heavy atom. The van der Waals surface area contributed by atoms with Crippen LogP contribution in [-0.4, -0.2) is 14.5 Å². The van der Waals surface area contributed by atoms with E-state index in [0.717, 1.165) is 12.1 Å². The number of aryl methyl sites for hydroxylation is 2. The van der Waals surface area contributed by atoms with Crippen LogP contribution < -0.4 is 0 Å². The quantitative estimate of drug-likeness (QED) is 0.695. The molecule has 0 atom stereocenters. The van der Waals surface area contributed by atoms with Gasteiger partial charge in [-0.15, -0.1) is 0 Å². The first-order valence-corrected chi connectivity index (χ1v) is 6.41. The number of rotatable bonds is 0. The van der Waals surface area contributed by atoms with Crippen molar-refractivity contribution in [2.75, 3.05) is 0 Å². The Morgan fingerprint density at radius 1 is 1.12 bits per heavy atom. The normalized spacial score (nSPS) is 16.2. The molecule has 2 aromatic heterocycles. The van der Waals surface area contributed by atoms with Crippen molar-refractivity contribution in [3.8, 4) is 0 Å². The molecule has 17 heavy (non-hydrogen) atoms. The van der Waals surface area contributed by atoms with Crippen LogP contribution >= 0.6 is 0 Å². The summed E-state index contributed by atoms with van der Waals surface area (Å²) in [5.41, 5.74) is 3.87. The SMILES string of the molecule is CC(C)(C)n1cc2c3c(ncnc31)CCCC2. The van der Waals surface area contributed by atoms with Crippen LogP contribution in [0, 0.1) is 0 Å². The Bertz CT molecular complexity index is 561. The van der Waals surface area contributed by atoms with Gasteiger partial charge in [0.05, 0.1) is 5.69 Å². The molecule has 2 heterocycles. The lowest BCUT2D eigenvalue weighted by molar-refractivity contribution is 0.407. The van der Waals surface area contributed by atoms with Crippen molar-refractivity contribution in [2.45, 2.75) is 52.0 Å². The van der Waals surface area contributed by atoms with Gasteiger partial charge in [-0.05, 0) is 52.0 Å². The van der Waals surface area contributed by atoms with Crippen molar-refractivity contribution in [3.05, 3.63) is 23.8 Å². The molecule has 1 aliphatic rings. The number of nitrogens with zero attached hydrogens (tertiary/aromatic N) is 3. The van der Waals surface area contributed by atoms with Crippen LogP contribution in [0.4, 0.5) is 0 Å². The average Bonchev–Trinajstić information content (AvgIpc) is 2.51. The minimum atomic E-state index is 0.0846. The Balaban J connectivity index is 2.35. The third-order valence-corrected chi connectivity index (χ3v) is 3.57. The van der Waals surface area contributed by atoms with Crippen molar-refractivity contribution in [3.63, 3.8) is 0 Å². The number of hydrogen-bond donors (Lipinski definition) is 0. The van der Waals surface area contributed by atoms with Crippen LogP contribution in [-0.2, 0) is 18.4 Å². The van der Waals surface area contributed by atoms with Crippen molar-refractivity contribution in [2.24, 2.45) is 0 Å². The minimum absolute atomic E-state index is 0.0846. The zero-order chi connectivity index (χ0) is 12.0. The highest BCUT2D eigenvalue weighted by Gasteiger charge is 2.22. The molecule has 0 saturated heterocycles. The largest absolute Gasteiger partial charge is 0.327 e. The van der Waals surface area contributed by atoms with E-state index in [-0.39, 0.29) is 5.54 Å². The first-order chi connectivity index (χ1) is 8.07. The second kappa shape index (κ2) is 3.56. The Kier molecular flexibility index (Phi) is 2.25. The summed E-state index contributed by atoms with van der Waals surface area (Å²) < 4.78 is 2.30. The second-order valence-electron chi connectivity index (χ2n) is 5.92. The van der Waals surface area contributed by atoms with E-state index >= 15 is 0 Å². The van der Waals surface area contributed by atoms with Crippen molar-refractivity contribution < 1.29 is 0 Å². The predicted molar refractivity (Wildman–Crippen MR) is 69.2 cm³/mol. The predicted octanol–water partition coefficient (Wildman–Crippen LogP) is 3.07. The molecule has 0 saturated carbocycles. The lowest BCUT2D eigenvalue weighted by Crippen LogP contribution is -2.21. The summed E-state index contributed by atoms with van der Waals surface area (Å²) in [6.45, 7) is 6.68. The minimum Gasteiger partial charge on any atom is -0.327 e. The van der Waals surface area contributed by atoms with Gasteiger partial charge in [-0.2, -0.15) is 0 Å². The molecule has 3 heteroatoms. The summed E-state index contributed by atoms with van der Waals surface area (Å²) in [7, 11) is 0. The highest BCUT2D eigenvalue weighted by molar-refractivity contribution is 5.83. The van der Waals surface area contributed by atoms with Crippen LogP contribution in [0.15, 0.2) is 12.5 Å². The third kappa shape index (κ3) is 1.65. The maximum atomic E-state index is 4.50. The van der Waals surface area contributed by atoms with Crippen LogP contribution in [0.5, 0.6) is 0 Å². The lowest BCUT2D eigenvalue weighted by atomic mass is 10.1. The van der Waals surface area contributed by atoms with E-state index < -0.39 is 0 Å². The van der Waals surface area contributed by atoms with Crippen LogP contribution in [0.3, 0.4) is 0 Å². The van der Waals surface area contributed by atoms with Gasteiger partial charge in [-0.25, -0.2) is 9.97 Å². The van der Waals surface area contributed by atoms with Crippen LogP contribution in [0.25, 0.3) is 11.0 Å². The molecule has 0 amide bonds. The van der Waals surface area contributed by atoms with Gasteiger partial charge in [-0.3, -0.25) is 0 Å². The highest BCUT2D eigenvalue weighted by atomic mass is 15.1. The van der Waals surface area contributed by atoms with E-state index in [4.69, 9.17) is 0 Å². The van der Waals surface area contributed by atoms with E-state index in [0.29, 0.717) is 0 Å². The maximum Gasteiger partial charge on any atom is 0.144 e. The van der Waals surface area contributed by atoms with E-state index in [1.165, 1.54) is 35.9 Å². The summed E-state index contributed by atoms with van der Waals surface area (Å²) >= 11 is 0. The average molecular weight is 229 g/mol. The molecule has 0 fully saturated rings. The van der Waals surface area contributed by atoms with Gasteiger partial charge in [0.25, 0.3) is 0 Å². The van der Waals surface area contributed by atoms with E-state index in [2.05, 4.69) is 41.5 Å². The molecule has 0 N–H and O–H groups in total. The summed E-state index contributed by atoms with van der Waals surface area (Å²) in [5.74, 6) is 0. The lowest BCUT2D eigenvalue weighted by Gasteiger charge is -2.22. The molecular formula is C14H19N3. The number of aromatic nitrogens is 3. The summed E-state index contributed by atoms with van der Waals surface area (Å²) in [4.78, 5) is 8.97. The molecule has 0 unspecified atom stereocenters.